The van der Waals surface area contributed by atoms with Crippen LogP contribution in [-0.2, 0) is 5.41 Å². The monoisotopic (exact) mass is 538 g/mol. The first-order valence-electron chi connectivity index (χ1n) is 13.6. The highest BCUT2D eigenvalue weighted by Gasteiger charge is 2.15. The zero-order chi connectivity index (χ0) is 28.6. The van der Waals surface area contributed by atoms with E-state index in [1.54, 1.807) is 4.57 Å². The minimum absolute atomic E-state index is 0.104. The van der Waals surface area contributed by atoms with Gasteiger partial charge in [0, 0.05) is 11.1 Å². The molecule has 1 aliphatic heterocycles. The fraction of sp³-hybridized carbons (Fsp3) is 0.167. The van der Waals surface area contributed by atoms with Crippen LogP contribution in [0.1, 0.15) is 54.4 Å². The molecule has 4 aromatic carbocycles. The fourth-order valence-electron chi connectivity index (χ4n) is 4.86. The standard InChI is InChI=1S/C36H30N2O3/c1-24-21-26(10-9-25-11-16-28(17-12-25)36(2,3)4)13-18-31(24)38-34(37-30-8-6-5-7-29(30)35(38)39)20-15-27-14-19-32-33(22-27)41-23-40-32/h5-8,11-22H,23H2,1-4H3/b20-15+. The molecule has 0 aliphatic carbocycles. The molecule has 0 amide bonds. The van der Waals surface area contributed by atoms with Crippen LogP contribution in [0.2, 0.25) is 0 Å². The highest BCUT2D eigenvalue weighted by atomic mass is 16.7. The van der Waals surface area contributed by atoms with Crippen LogP contribution in [0.25, 0.3) is 28.7 Å². The summed E-state index contributed by atoms with van der Waals surface area (Å²) in [5.41, 5.74) is 6.36. The molecule has 41 heavy (non-hydrogen) atoms. The SMILES string of the molecule is Cc1cc(C#Cc2ccc(C(C)(C)C)cc2)ccc1-n1c(/C=C/c2ccc3c(c2)OCO3)nc2ccccc2c1=O. The first-order valence-corrected chi connectivity index (χ1v) is 13.6. The normalized spacial score (nSPS) is 12.5. The van der Waals surface area contributed by atoms with Gasteiger partial charge in [0.1, 0.15) is 5.82 Å². The molecule has 5 heteroatoms. The molecule has 0 N–H and O–H groups in total. The molecule has 6 rings (SSSR count). The molecule has 2 heterocycles. The summed E-state index contributed by atoms with van der Waals surface area (Å²) in [5, 5.41) is 0.565. The zero-order valence-corrected chi connectivity index (χ0v) is 23.6. The largest absolute Gasteiger partial charge is 0.454 e. The second-order valence-corrected chi connectivity index (χ2v) is 11.2. The molecule has 0 saturated carbocycles. The van der Waals surface area contributed by atoms with Gasteiger partial charge in [-0.1, -0.05) is 69.0 Å². The number of aromatic nitrogens is 2. The van der Waals surface area contributed by atoms with Gasteiger partial charge in [-0.25, -0.2) is 4.98 Å². The first kappa shape index (κ1) is 26.2. The van der Waals surface area contributed by atoms with Crippen molar-refractivity contribution in [3.63, 3.8) is 0 Å². The van der Waals surface area contributed by atoms with Crippen molar-refractivity contribution in [1.82, 2.24) is 9.55 Å². The van der Waals surface area contributed by atoms with Gasteiger partial charge >= 0.3 is 0 Å². The Hall–Kier alpha value is -5.08. The molecular weight excluding hydrogens is 508 g/mol. The quantitative estimate of drug-likeness (QED) is 0.226. The number of rotatable bonds is 3. The van der Waals surface area contributed by atoms with Gasteiger partial charge in [0.05, 0.1) is 16.6 Å². The molecule has 1 aliphatic rings. The number of hydrogen-bond acceptors (Lipinski definition) is 4. The number of para-hydroxylation sites is 1. The van der Waals surface area contributed by atoms with Crippen molar-refractivity contribution < 1.29 is 9.47 Å². The molecule has 0 unspecified atom stereocenters. The van der Waals surface area contributed by atoms with Crippen molar-refractivity contribution in [3.05, 3.63) is 129 Å². The van der Waals surface area contributed by atoms with Gasteiger partial charge in [-0.15, -0.1) is 0 Å². The summed E-state index contributed by atoms with van der Waals surface area (Å²) in [6, 6.07) is 27.5. The second kappa shape index (κ2) is 10.5. The lowest BCUT2D eigenvalue weighted by Gasteiger charge is -2.18. The molecule has 5 nitrogen and oxygen atoms in total. The van der Waals surface area contributed by atoms with Crippen molar-refractivity contribution in [3.8, 4) is 29.0 Å². The lowest BCUT2D eigenvalue weighted by Crippen LogP contribution is -2.23. The summed E-state index contributed by atoms with van der Waals surface area (Å²) in [7, 11) is 0. The molecule has 0 radical (unpaired) electrons. The average molecular weight is 539 g/mol. The van der Waals surface area contributed by atoms with E-state index in [9.17, 15) is 4.79 Å². The van der Waals surface area contributed by atoms with E-state index >= 15 is 0 Å². The number of fused-ring (bicyclic) bond motifs is 2. The van der Waals surface area contributed by atoms with Crippen LogP contribution in [0.5, 0.6) is 11.5 Å². The molecule has 0 spiro atoms. The Balaban J connectivity index is 1.37. The van der Waals surface area contributed by atoms with Gasteiger partial charge in [0.25, 0.3) is 5.56 Å². The van der Waals surface area contributed by atoms with E-state index in [-0.39, 0.29) is 17.8 Å². The molecular formula is C36H30N2O3. The van der Waals surface area contributed by atoms with Gasteiger partial charge < -0.3 is 9.47 Å². The minimum Gasteiger partial charge on any atom is -0.454 e. The maximum atomic E-state index is 13.8. The van der Waals surface area contributed by atoms with Crippen molar-refractivity contribution >= 4 is 23.1 Å². The first-order chi connectivity index (χ1) is 19.8. The predicted molar refractivity (Wildman–Crippen MR) is 165 cm³/mol. The maximum absolute atomic E-state index is 13.8. The van der Waals surface area contributed by atoms with E-state index in [0.29, 0.717) is 22.5 Å². The van der Waals surface area contributed by atoms with E-state index in [0.717, 1.165) is 33.7 Å². The Kier molecular flexibility index (Phi) is 6.69. The summed E-state index contributed by atoms with van der Waals surface area (Å²) < 4.78 is 12.6. The topological polar surface area (TPSA) is 53.4 Å². The smallest absolute Gasteiger partial charge is 0.266 e. The molecule has 0 fully saturated rings. The number of hydrogen-bond donors (Lipinski definition) is 0. The third-order valence-corrected chi connectivity index (χ3v) is 7.16. The highest BCUT2D eigenvalue weighted by molar-refractivity contribution is 5.80. The second-order valence-electron chi connectivity index (χ2n) is 11.2. The number of ether oxygens (including phenoxy) is 2. The van der Waals surface area contributed by atoms with E-state index in [2.05, 4.69) is 56.9 Å². The third-order valence-electron chi connectivity index (χ3n) is 7.16. The van der Waals surface area contributed by atoms with E-state index in [1.165, 1.54) is 5.56 Å². The van der Waals surface area contributed by atoms with Gasteiger partial charge in [-0.05, 0) is 89.7 Å². The lowest BCUT2D eigenvalue weighted by atomic mass is 9.87. The summed E-state index contributed by atoms with van der Waals surface area (Å²) in [6.45, 7) is 8.82. The summed E-state index contributed by atoms with van der Waals surface area (Å²) in [5.74, 6) is 8.51. The highest BCUT2D eigenvalue weighted by Crippen LogP contribution is 2.33. The Morgan fingerprint density at radius 3 is 2.34 bits per heavy atom. The van der Waals surface area contributed by atoms with E-state index in [4.69, 9.17) is 14.5 Å². The Bertz CT molecular complexity index is 1930. The van der Waals surface area contributed by atoms with Crippen LogP contribution in [0.3, 0.4) is 0 Å². The number of aryl methyl sites for hydroxylation is 1. The average Bonchev–Trinajstić information content (AvgIpc) is 3.43. The third kappa shape index (κ3) is 5.37. The van der Waals surface area contributed by atoms with Crippen LogP contribution in [0, 0.1) is 18.8 Å². The summed E-state index contributed by atoms with van der Waals surface area (Å²) >= 11 is 0. The number of nitrogens with zero attached hydrogens (tertiary/aromatic N) is 2. The van der Waals surface area contributed by atoms with Gasteiger partial charge in [0.15, 0.2) is 11.5 Å². The van der Waals surface area contributed by atoms with Crippen LogP contribution in [0.15, 0.2) is 89.7 Å². The van der Waals surface area contributed by atoms with Crippen molar-refractivity contribution in [1.29, 1.82) is 0 Å². The molecule has 0 atom stereocenters. The van der Waals surface area contributed by atoms with Gasteiger partial charge in [-0.3, -0.25) is 9.36 Å². The van der Waals surface area contributed by atoms with Gasteiger partial charge in [-0.2, -0.15) is 0 Å². The molecule has 202 valence electrons. The Labute approximate surface area is 239 Å². The molecule has 0 saturated heterocycles. The van der Waals surface area contributed by atoms with E-state index < -0.39 is 0 Å². The Morgan fingerprint density at radius 2 is 1.56 bits per heavy atom. The fourth-order valence-corrected chi connectivity index (χ4v) is 4.86. The summed E-state index contributed by atoms with van der Waals surface area (Å²) in [6.07, 6.45) is 3.79. The van der Waals surface area contributed by atoms with Crippen molar-refractivity contribution in [2.24, 2.45) is 0 Å². The van der Waals surface area contributed by atoms with Crippen molar-refractivity contribution in [2.75, 3.05) is 6.79 Å². The number of benzene rings is 4. The van der Waals surface area contributed by atoms with Crippen LogP contribution < -0.4 is 15.0 Å². The minimum atomic E-state index is -0.123. The van der Waals surface area contributed by atoms with E-state index in [1.807, 2.05) is 79.7 Å². The summed E-state index contributed by atoms with van der Waals surface area (Å²) in [4.78, 5) is 18.6. The Morgan fingerprint density at radius 1 is 0.829 bits per heavy atom. The van der Waals surface area contributed by atoms with Crippen LogP contribution >= 0.6 is 0 Å². The lowest BCUT2D eigenvalue weighted by molar-refractivity contribution is 0.174. The predicted octanol–water partition coefficient (Wildman–Crippen LogP) is 7.29. The van der Waals surface area contributed by atoms with Gasteiger partial charge in [0.2, 0.25) is 6.79 Å². The maximum Gasteiger partial charge on any atom is 0.266 e. The molecule has 5 aromatic rings. The van der Waals surface area contributed by atoms with Crippen LogP contribution in [0.4, 0.5) is 0 Å². The molecule has 0 bridgehead atoms. The molecule has 1 aromatic heterocycles. The van der Waals surface area contributed by atoms with Crippen molar-refractivity contribution in [2.45, 2.75) is 33.1 Å². The van der Waals surface area contributed by atoms with Crippen LogP contribution in [-0.4, -0.2) is 16.3 Å². The zero-order valence-electron chi connectivity index (χ0n) is 23.6.